The van der Waals surface area contributed by atoms with Crippen molar-refractivity contribution < 1.29 is 9.53 Å². The van der Waals surface area contributed by atoms with Crippen LogP contribution in [0.2, 0.25) is 0 Å². The fourth-order valence-corrected chi connectivity index (χ4v) is 2.95. The molecule has 0 unspecified atom stereocenters. The molecule has 4 heteroatoms. The molecule has 1 aliphatic rings. The lowest BCUT2D eigenvalue weighted by atomic mass is 9.84. The second-order valence-electron chi connectivity index (χ2n) is 5.95. The highest BCUT2D eigenvalue weighted by Gasteiger charge is 2.25. The number of nitrogens with zero attached hydrogens (tertiary/aromatic N) is 1. The smallest absolute Gasteiger partial charge is 0.260 e. The number of nitrogens with two attached hydrogens (primary N) is 1. The van der Waals surface area contributed by atoms with Gasteiger partial charge >= 0.3 is 0 Å². The SMILES string of the molecule is CCC1CCC(N(C)C(=O)COc2ccc(N)cc2)CC1. The minimum atomic E-state index is 0.0479. The third-order valence-electron chi connectivity index (χ3n) is 4.58. The number of nitrogen functional groups attached to an aromatic ring is 1. The van der Waals surface area contributed by atoms with E-state index in [4.69, 9.17) is 10.5 Å². The second-order valence-corrected chi connectivity index (χ2v) is 5.95. The molecule has 1 amide bonds. The van der Waals surface area contributed by atoms with Crippen molar-refractivity contribution >= 4 is 11.6 Å². The van der Waals surface area contributed by atoms with Gasteiger partial charge in [0.15, 0.2) is 6.61 Å². The zero-order chi connectivity index (χ0) is 15.2. The molecule has 2 N–H and O–H groups in total. The number of anilines is 1. The number of benzene rings is 1. The Bertz CT molecular complexity index is 450. The van der Waals surface area contributed by atoms with Gasteiger partial charge in [0.1, 0.15) is 5.75 Å². The Kier molecular flexibility index (Phi) is 5.48. The Balaban J connectivity index is 1.78. The lowest BCUT2D eigenvalue weighted by Gasteiger charge is -2.34. The number of rotatable bonds is 5. The first-order chi connectivity index (χ1) is 10.1. The van der Waals surface area contributed by atoms with Crippen LogP contribution in [0.5, 0.6) is 5.75 Å². The predicted molar refractivity (Wildman–Crippen MR) is 85.2 cm³/mol. The molecule has 0 heterocycles. The summed E-state index contributed by atoms with van der Waals surface area (Å²) < 4.78 is 5.53. The predicted octanol–water partition coefficient (Wildman–Crippen LogP) is 3.07. The highest BCUT2D eigenvalue weighted by atomic mass is 16.5. The van der Waals surface area contributed by atoms with Crippen LogP contribution in [-0.4, -0.2) is 30.5 Å². The zero-order valence-corrected chi connectivity index (χ0v) is 13.0. The first-order valence-electron chi connectivity index (χ1n) is 7.84. The molecule has 1 aromatic rings. The zero-order valence-electron chi connectivity index (χ0n) is 13.0. The third kappa shape index (κ3) is 4.38. The van der Waals surface area contributed by atoms with Crippen molar-refractivity contribution in [2.24, 2.45) is 5.92 Å². The van der Waals surface area contributed by atoms with Crippen molar-refractivity contribution in [3.05, 3.63) is 24.3 Å². The van der Waals surface area contributed by atoms with Crippen molar-refractivity contribution in [2.45, 2.75) is 45.1 Å². The minimum absolute atomic E-state index is 0.0479. The van der Waals surface area contributed by atoms with E-state index in [0.29, 0.717) is 17.5 Å². The largest absolute Gasteiger partial charge is 0.484 e. The maximum absolute atomic E-state index is 12.2. The van der Waals surface area contributed by atoms with Gasteiger partial charge in [0.05, 0.1) is 0 Å². The van der Waals surface area contributed by atoms with E-state index in [2.05, 4.69) is 6.92 Å². The molecule has 21 heavy (non-hydrogen) atoms. The summed E-state index contributed by atoms with van der Waals surface area (Å²) in [6.07, 6.45) is 5.95. The lowest BCUT2D eigenvalue weighted by Crippen LogP contribution is -2.41. The molecule has 1 fully saturated rings. The minimum Gasteiger partial charge on any atom is -0.484 e. The molecule has 0 spiro atoms. The van der Waals surface area contributed by atoms with Gasteiger partial charge in [-0.05, 0) is 55.9 Å². The fourth-order valence-electron chi connectivity index (χ4n) is 2.95. The van der Waals surface area contributed by atoms with Gasteiger partial charge in [-0.2, -0.15) is 0 Å². The standard InChI is InChI=1S/C17H26N2O2/c1-3-13-4-8-15(9-5-13)19(2)17(20)12-21-16-10-6-14(18)7-11-16/h6-7,10-11,13,15H,3-5,8-9,12,18H2,1-2H3. The van der Waals surface area contributed by atoms with E-state index in [0.717, 1.165) is 18.8 Å². The van der Waals surface area contributed by atoms with Crippen LogP contribution in [-0.2, 0) is 4.79 Å². The highest BCUT2D eigenvalue weighted by Crippen LogP contribution is 2.29. The van der Waals surface area contributed by atoms with Crippen molar-refractivity contribution in [3.63, 3.8) is 0 Å². The topological polar surface area (TPSA) is 55.6 Å². The summed E-state index contributed by atoms with van der Waals surface area (Å²) in [5.74, 6) is 1.57. The van der Waals surface area contributed by atoms with Crippen LogP contribution in [0, 0.1) is 5.92 Å². The van der Waals surface area contributed by atoms with Crippen LogP contribution in [0.15, 0.2) is 24.3 Å². The van der Waals surface area contributed by atoms with E-state index in [9.17, 15) is 4.79 Å². The lowest BCUT2D eigenvalue weighted by molar-refractivity contribution is -0.134. The first kappa shape index (κ1) is 15.7. The van der Waals surface area contributed by atoms with Gasteiger partial charge < -0.3 is 15.4 Å². The Morgan fingerprint density at radius 3 is 2.43 bits per heavy atom. The normalized spacial score (nSPS) is 21.8. The third-order valence-corrected chi connectivity index (χ3v) is 4.58. The molecule has 1 saturated carbocycles. The Labute approximate surface area is 127 Å². The summed E-state index contributed by atoms with van der Waals surface area (Å²) in [5.41, 5.74) is 6.31. The molecule has 4 nitrogen and oxygen atoms in total. The summed E-state index contributed by atoms with van der Waals surface area (Å²) in [6, 6.07) is 7.49. The summed E-state index contributed by atoms with van der Waals surface area (Å²) in [5, 5.41) is 0. The van der Waals surface area contributed by atoms with E-state index >= 15 is 0 Å². The molecular formula is C17H26N2O2. The van der Waals surface area contributed by atoms with Gasteiger partial charge in [0.2, 0.25) is 0 Å². The van der Waals surface area contributed by atoms with Crippen LogP contribution in [0.3, 0.4) is 0 Å². The molecule has 0 atom stereocenters. The van der Waals surface area contributed by atoms with E-state index < -0.39 is 0 Å². The number of likely N-dealkylation sites (N-methyl/N-ethyl adjacent to an activating group) is 1. The average Bonchev–Trinajstić information content (AvgIpc) is 2.53. The van der Waals surface area contributed by atoms with Gasteiger partial charge in [0, 0.05) is 18.8 Å². The molecule has 2 rings (SSSR count). The van der Waals surface area contributed by atoms with E-state index in [-0.39, 0.29) is 12.5 Å². The summed E-state index contributed by atoms with van der Waals surface area (Å²) in [7, 11) is 1.89. The number of amides is 1. The van der Waals surface area contributed by atoms with Crippen LogP contribution in [0.1, 0.15) is 39.0 Å². The van der Waals surface area contributed by atoms with Gasteiger partial charge in [-0.15, -0.1) is 0 Å². The molecule has 0 aliphatic heterocycles. The molecular weight excluding hydrogens is 264 g/mol. The van der Waals surface area contributed by atoms with Gasteiger partial charge in [-0.3, -0.25) is 4.79 Å². The Morgan fingerprint density at radius 1 is 1.24 bits per heavy atom. The molecule has 1 aromatic carbocycles. The number of hydrogen-bond acceptors (Lipinski definition) is 3. The number of carbonyl (C=O) groups excluding carboxylic acids is 1. The number of ether oxygens (including phenoxy) is 1. The Morgan fingerprint density at radius 2 is 1.86 bits per heavy atom. The summed E-state index contributed by atoms with van der Waals surface area (Å²) in [4.78, 5) is 14.1. The Hall–Kier alpha value is -1.71. The van der Waals surface area contributed by atoms with Gasteiger partial charge in [0.25, 0.3) is 5.91 Å². The van der Waals surface area contributed by atoms with E-state index in [1.807, 2.05) is 11.9 Å². The monoisotopic (exact) mass is 290 g/mol. The van der Waals surface area contributed by atoms with Crippen LogP contribution in [0.25, 0.3) is 0 Å². The van der Waals surface area contributed by atoms with Crippen molar-refractivity contribution in [1.29, 1.82) is 0 Å². The van der Waals surface area contributed by atoms with Gasteiger partial charge in [-0.25, -0.2) is 0 Å². The van der Waals surface area contributed by atoms with Crippen LogP contribution >= 0.6 is 0 Å². The molecule has 0 bridgehead atoms. The summed E-state index contributed by atoms with van der Waals surface area (Å²) >= 11 is 0. The number of carbonyl (C=O) groups is 1. The van der Waals surface area contributed by atoms with Crippen molar-refractivity contribution in [2.75, 3.05) is 19.4 Å². The summed E-state index contributed by atoms with van der Waals surface area (Å²) in [6.45, 7) is 2.34. The van der Waals surface area contributed by atoms with Crippen LogP contribution in [0.4, 0.5) is 5.69 Å². The maximum atomic E-state index is 12.2. The number of hydrogen-bond donors (Lipinski definition) is 1. The average molecular weight is 290 g/mol. The molecule has 0 radical (unpaired) electrons. The molecule has 0 aromatic heterocycles. The fraction of sp³-hybridized carbons (Fsp3) is 0.588. The second kappa shape index (κ2) is 7.34. The van der Waals surface area contributed by atoms with E-state index in [1.54, 1.807) is 24.3 Å². The first-order valence-corrected chi connectivity index (χ1v) is 7.84. The van der Waals surface area contributed by atoms with Crippen molar-refractivity contribution in [3.8, 4) is 5.75 Å². The highest BCUT2D eigenvalue weighted by molar-refractivity contribution is 5.77. The molecule has 0 saturated heterocycles. The maximum Gasteiger partial charge on any atom is 0.260 e. The van der Waals surface area contributed by atoms with E-state index in [1.165, 1.54) is 19.3 Å². The molecule has 1 aliphatic carbocycles. The molecule has 116 valence electrons. The van der Waals surface area contributed by atoms with Crippen LogP contribution < -0.4 is 10.5 Å². The van der Waals surface area contributed by atoms with Crippen molar-refractivity contribution in [1.82, 2.24) is 4.90 Å². The van der Waals surface area contributed by atoms with Gasteiger partial charge in [-0.1, -0.05) is 13.3 Å². The quantitative estimate of drug-likeness (QED) is 0.848.